The summed E-state index contributed by atoms with van der Waals surface area (Å²) in [6.07, 6.45) is 2.00. The number of fused-ring (bicyclic) bond motifs is 1. The van der Waals surface area contributed by atoms with E-state index in [9.17, 15) is 4.79 Å². The Kier molecular flexibility index (Phi) is 6.97. The van der Waals surface area contributed by atoms with Crippen molar-refractivity contribution in [1.29, 1.82) is 0 Å². The summed E-state index contributed by atoms with van der Waals surface area (Å²) < 4.78 is 12.1. The highest BCUT2D eigenvalue weighted by molar-refractivity contribution is 7.22. The molecule has 0 aliphatic rings. The number of carbonyl (C=O) groups excluding carboxylic acids is 1. The van der Waals surface area contributed by atoms with Crippen molar-refractivity contribution in [3.05, 3.63) is 78.1 Å². The minimum atomic E-state index is -0.0381. The van der Waals surface area contributed by atoms with Gasteiger partial charge < -0.3 is 9.47 Å². The zero-order chi connectivity index (χ0) is 22.3. The van der Waals surface area contributed by atoms with Gasteiger partial charge in [-0.1, -0.05) is 29.5 Å². The van der Waals surface area contributed by atoms with Crippen LogP contribution in [0.4, 0.5) is 5.13 Å². The van der Waals surface area contributed by atoms with Gasteiger partial charge in [0.1, 0.15) is 11.5 Å². The molecule has 1 amide bonds. The van der Waals surface area contributed by atoms with Crippen molar-refractivity contribution in [3.63, 3.8) is 0 Å². The van der Waals surface area contributed by atoms with E-state index in [1.54, 1.807) is 11.1 Å². The van der Waals surface area contributed by atoms with E-state index in [0.29, 0.717) is 24.9 Å². The summed E-state index contributed by atoms with van der Waals surface area (Å²) in [5, 5.41) is 0.648. The van der Waals surface area contributed by atoms with Crippen LogP contribution in [0, 0.1) is 0 Å². The lowest BCUT2D eigenvalue weighted by molar-refractivity contribution is -0.118. The maximum atomic E-state index is 13.4. The van der Waals surface area contributed by atoms with Crippen LogP contribution in [0.3, 0.4) is 0 Å². The van der Waals surface area contributed by atoms with Gasteiger partial charge in [-0.05, 0) is 61.9 Å². The molecule has 6 nitrogen and oxygen atoms in total. The number of anilines is 1. The molecule has 32 heavy (non-hydrogen) atoms. The topological polar surface area (TPSA) is 64.5 Å². The van der Waals surface area contributed by atoms with Crippen LogP contribution in [-0.2, 0) is 17.8 Å². The number of thiazole rings is 1. The number of amides is 1. The molecule has 2 aromatic heterocycles. The minimum Gasteiger partial charge on any atom is -0.494 e. The summed E-state index contributed by atoms with van der Waals surface area (Å²) in [5.74, 6) is 1.56. The molecule has 0 radical (unpaired) electrons. The number of aromatic nitrogens is 2. The molecule has 0 fully saturated rings. The molecule has 0 atom stereocenters. The van der Waals surface area contributed by atoms with Crippen molar-refractivity contribution in [2.24, 2.45) is 0 Å². The highest BCUT2D eigenvalue weighted by Crippen LogP contribution is 2.32. The van der Waals surface area contributed by atoms with Crippen LogP contribution >= 0.6 is 11.3 Å². The van der Waals surface area contributed by atoms with Crippen molar-refractivity contribution in [1.82, 2.24) is 9.97 Å². The first-order chi connectivity index (χ1) is 15.7. The Morgan fingerprint density at radius 2 is 1.72 bits per heavy atom. The Bertz CT molecular complexity index is 1180. The van der Waals surface area contributed by atoms with Crippen molar-refractivity contribution in [3.8, 4) is 11.5 Å². The molecule has 4 aromatic rings. The van der Waals surface area contributed by atoms with Gasteiger partial charge in [-0.2, -0.15) is 0 Å². The fraction of sp³-hybridized carbons (Fsp3) is 0.240. The molecule has 0 N–H and O–H groups in total. The lowest BCUT2D eigenvalue weighted by Crippen LogP contribution is -2.32. The summed E-state index contributed by atoms with van der Waals surface area (Å²) in [7, 11) is 0. The molecule has 0 saturated heterocycles. The molecule has 0 aliphatic carbocycles. The molecule has 164 valence electrons. The lowest BCUT2D eigenvalue weighted by Gasteiger charge is -2.19. The first kappa shape index (κ1) is 21.8. The second kappa shape index (κ2) is 10.2. The maximum Gasteiger partial charge on any atom is 0.233 e. The fourth-order valence-corrected chi connectivity index (χ4v) is 4.33. The van der Waals surface area contributed by atoms with E-state index in [-0.39, 0.29) is 12.3 Å². The van der Waals surface area contributed by atoms with Crippen LogP contribution in [0.2, 0.25) is 0 Å². The number of benzene rings is 2. The summed E-state index contributed by atoms with van der Waals surface area (Å²) in [4.78, 5) is 24.2. The highest BCUT2D eigenvalue weighted by atomic mass is 32.1. The third-order valence-corrected chi connectivity index (χ3v) is 5.87. The third kappa shape index (κ3) is 5.23. The molecule has 2 heterocycles. The van der Waals surface area contributed by atoms with Crippen molar-refractivity contribution in [2.75, 3.05) is 18.1 Å². The molecule has 0 aliphatic heterocycles. The van der Waals surface area contributed by atoms with Gasteiger partial charge in [0.05, 0.1) is 42.1 Å². The number of carbonyl (C=O) groups is 1. The van der Waals surface area contributed by atoms with E-state index in [2.05, 4.69) is 4.98 Å². The predicted octanol–water partition coefficient (Wildman–Crippen LogP) is 5.26. The number of hydrogen-bond acceptors (Lipinski definition) is 6. The lowest BCUT2D eigenvalue weighted by atomic mass is 10.1. The Hall–Kier alpha value is -3.45. The summed E-state index contributed by atoms with van der Waals surface area (Å²) in [6.45, 7) is 5.47. The second-order valence-corrected chi connectivity index (χ2v) is 8.12. The third-order valence-electron chi connectivity index (χ3n) is 4.83. The van der Waals surface area contributed by atoms with E-state index < -0.39 is 0 Å². The van der Waals surface area contributed by atoms with Gasteiger partial charge in [0.2, 0.25) is 5.91 Å². The summed E-state index contributed by atoms with van der Waals surface area (Å²) in [6, 6.07) is 19.1. The van der Waals surface area contributed by atoms with Crippen LogP contribution in [0.1, 0.15) is 25.1 Å². The average molecular weight is 448 g/mol. The average Bonchev–Trinajstić information content (AvgIpc) is 3.23. The summed E-state index contributed by atoms with van der Waals surface area (Å²) >= 11 is 1.48. The predicted molar refractivity (Wildman–Crippen MR) is 128 cm³/mol. The van der Waals surface area contributed by atoms with Crippen LogP contribution in [-0.4, -0.2) is 29.1 Å². The van der Waals surface area contributed by atoms with Gasteiger partial charge in [-0.15, -0.1) is 0 Å². The number of hydrogen-bond donors (Lipinski definition) is 0. The first-order valence-electron chi connectivity index (χ1n) is 10.6. The number of ether oxygens (including phenoxy) is 2. The van der Waals surface area contributed by atoms with Gasteiger partial charge in [0.25, 0.3) is 0 Å². The van der Waals surface area contributed by atoms with E-state index in [0.717, 1.165) is 33.0 Å². The van der Waals surface area contributed by atoms with Crippen molar-refractivity contribution >= 4 is 32.6 Å². The zero-order valence-electron chi connectivity index (χ0n) is 18.2. The van der Waals surface area contributed by atoms with Gasteiger partial charge in [-0.3, -0.25) is 14.7 Å². The molecule has 0 saturated carbocycles. The Labute approximate surface area is 191 Å². The van der Waals surface area contributed by atoms with Crippen molar-refractivity contribution < 1.29 is 14.3 Å². The molecule has 4 rings (SSSR count). The van der Waals surface area contributed by atoms with E-state index in [4.69, 9.17) is 14.5 Å². The molecule has 0 unspecified atom stereocenters. The first-order valence-corrected chi connectivity index (χ1v) is 11.4. The van der Waals surface area contributed by atoms with Crippen LogP contribution in [0.25, 0.3) is 10.2 Å². The Balaban J connectivity index is 1.62. The van der Waals surface area contributed by atoms with Gasteiger partial charge in [-0.25, -0.2) is 4.98 Å². The fourth-order valence-electron chi connectivity index (χ4n) is 3.32. The van der Waals surface area contributed by atoms with E-state index >= 15 is 0 Å². The molecular weight excluding hydrogens is 422 g/mol. The minimum absolute atomic E-state index is 0.0381. The normalized spacial score (nSPS) is 10.8. The highest BCUT2D eigenvalue weighted by Gasteiger charge is 2.21. The molecule has 2 aromatic carbocycles. The van der Waals surface area contributed by atoms with Gasteiger partial charge in [0, 0.05) is 6.20 Å². The standard InChI is InChI=1S/C25H25N3O3S/c1-3-30-20-10-8-18(9-11-20)15-24(29)28(17-19-7-5-6-14-26-19)25-27-22-13-12-21(31-4-2)16-23(22)32-25/h5-14,16H,3-4,15,17H2,1-2H3. The van der Waals surface area contributed by atoms with E-state index in [1.807, 2.05) is 74.5 Å². The molecule has 7 heteroatoms. The molecule has 0 bridgehead atoms. The Morgan fingerprint density at radius 3 is 2.44 bits per heavy atom. The number of nitrogens with zero attached hydrogens (tertiary/aromatic N) is 3. The van der Waals surface area contributed by atoms with Gasteiger partial charge in [0.15, 0.2) is 5.13 Å². The second-order valence-electron chi connectivity index (χ2n) is 7.11. The van der Waals surface area contributed by atoms with Crippen molar-refractivity contribution in [2.45, 2.75) is 26.8 Å². The monoisotopic (exact) mass is 447 g/mol. The number of pyridine rings is 1. The van der Waals surface area contributed by atoms with Crippen LogP contribution in [0.5, 0.6) is 11.5 Å². The van der Waals surface area contributed by atoms with Crippen LogP contribution < -0.4 is 14.4 Å². The SMILES string of the molecule is CCOc1ccc(CC(=O)N(Cc2ccccn2)c2nc3ccc(OCC)cc3s2)cc1. The zero-order valence-corrected chi connectivity index (χ0v) is 19.0. The summed E-state index contributed by atoms with van der Waals surface area (Å²) in [5.41, 5.74) is 2.57. The maximum absolute atomic E-state index is 13.4. The Morgan fingerprint density at radius 1 is 0.969 bits per heavy atom. The molecule has 0 spiro atoms. The smallest absolute Gasteiger partial charge is 0.233 e. The van der Waals surface area contributed by atoms with E-state index in [1.165, 1.54) is 11.3 Å². The largest absolute Gasteiger partial charge is 0.494 e. The van der Waals surface area contributed by atoms with Crippen LogP contribution in [0.15, 0.2) is 66.9 Å². The molecular formula is C25H25N3O3S. The number of rotatable bonds is 9. The van der Waals surface area contributed by atoms with Gasteiger partial charge >= 0.3 is 0 Å². The quantitative estimate of drug-likeness (QED) is 0.350.